The van der Waals surface area contributed by atoms with Gasteiger partial charge in [-0.15, -0.1) is 0 Å². The summed E-state index contributed by atoms with van der Waals surface area (Å²) in [6, 6.07) is -0.568. The number of morpholine rings is 1. The highest BCUT2D eigenvalue weighted by Gasteiger charge is 2.35. The summed E-state index contributed by atoms with van der Waals surface area (Å²) >= 11 is 0. The van der Waals surface area contributed by atoms with E-state index in [-0.39, 0.29) is 18.8 Å². The minimum atomic E-state index is -0.573. The lowest BCUT2D eigenvalue weighted by atomic mass is 10.0. The van der Waals surface area contributed by atoms with Gasteiger partial charge < -0.3 is 9.47 Å². The molecule has 5 nitrogen and oxygen atoms in total. The van der Waals surface area contributed by atoms with Crippen molar-refractivity contribution in [2.45, 2.75) is 52.2 Å². The minimum Gasteiger partial charge on any atom is -0.444 e. The molecule has 1 atom stereocenters. The van der Waals surface area contributed by atoms with Crippen LogP contribution in [0.2, 0.25) is 0 Å². The SMILES string of the molecule is C=C(CC)CC(=O)C1COCCN1C(=O)OC(C)(C)C. The smallest absolute Gasteiger partial charge is 0.411 e. The van der Waals surface area contributed by atoms with E-state index in [4.69, 9.17) is 9.47 Å². The molecule has 1 saturated heterocycles. The standard InChI is InChI=1S/C15H25NO4/c1-6-11(2)9-13(17)12-10-19-8-7-16(12)14(18)20-15(3,4)5/h12H,2,6-10H2,1,3-5H3. The van der Waals surface area contributed by atoms with E-state index in [1.807, 2.05) is 6.92 Å². The molecule has 0 aliphatic carbocycles. The van der Waals surface area contributed by atoms with Crippen LogP contribution in [-0.4, -0.2) is 48.2 Å². The van der Waals surface area contributed by atoms with E-state index in [2.05, 4.69) is 6.58 Å². The van der Waals surface area contributed by atoms with Gasteiger partial charge in [-0.05, 0) is 27.2 Å². The zero-order valence-corrected chi connectivity index (χ0v) is 12.9. The fraction of sp³-hybridized carbons (Fsp3) is 0.733. The zero-order valence-electron chi connectivity index (χ0n) is 12.9. The number of nitrogens with zero attached hydrogens (tertiary/aromatic N) is 1. The summed E-state index contributed by atoms with van der Waals surface area (Å²) in [6.45, 7) is 12.3. The number of carbonyl (C=O) groups excluding carboxylic acids is 2. The highest BCUT2D eigenvalue weighted by atomic mass is 16.6. The summed E-state index contributed by atoms with van der Waals surface area (Å²) in [6.07, 6.45) is 0.580. The average molecular weight is 283 g/mol. The van der Waals surface area contributed by atoms with E-state index in [0.29, 0.717) is 13.2 Å². The van der Waals surface area contributed by atoms with Crippen molar-refractivity contribution in [1.82, 2.24) is 4.90 Å². The van der Waals surface area contributed by atoms with Crippen molar-refractivity contribution in [3.05, 3.63) is 12.2 Å². The number of ether oxygens (including phenoxy) is 2. The molecule has 1 aliphatic rings. The topological polar surface area (TPSA) is 55.8 Å². The number of rotatable bonds is 4. The summed E-state index contributed by atoms with van der Waals surface area (Å²) in [4.78, 5) is 25.9. The molecular weight excluding hydrogens is 258 g/mol. The second-order valence-electron chi connectivity index (χ2n) is 6.01. The van der Waals surface area contributed by atoms with Crippen molar-refractivity contribution >= 4 is 11.9 Å². The van der Waals surface area contributed by atoms with E-state index in [9.17, 15) is 9.59 Å². The van der Waals surface area contributed by atoms with Gasteiger partial charge in [0.15, 0.2) is 5.78 Å². The summed E-state index contributed by atoms with van der Waals surface area (Å²) in [7, 11) is 0. The molecule has 0 radical (unpaired) electrons. The zero-order chi connectivity index (χ0) is 15.3. The number of carbonyl (C=O) groups is 2. The molecule has 1 fully saturated rings. The summed E-state index contributed by atoms with van der Waals surface area (Å²) < 4.78 is 10.7. The molecule has 1 heterocycles. The normalized spacial score (nSPS) is 19.6. The Kier molecular flexibility index (Phi) is 5.74. The van der Waals surface area contributed by atoms with Gasteiger partial charge in [0.25, 0.3) is 0 Å². The lowest BCUT2D eigenvalue weighted by molar-refractivity contribution is -0.129. The summed E-state index contributed by atoms with van der Waals surface area (Å²) in [5, 5.41) is 0. The summed E-state index contributed by atoms with van der Waals surface area (Å²) in [5.41, 5.74) is 0.292. The molecule has 0 N–H and O–H groups in total. The number of allylic oxidation sites excluding steroid dienone is 1. The van der Waals surface area contributed by atoms with Crippen molar-refractivity contribution < 1.29 is 19.1 Å². The first-order chi connectivity index (χ1) is 9.24. The van der Waals surface area contributed by atoms with Crippen molar-refractivity contribution in [2.24, 2.45) is 0 Å². The molecule has 114 valence electrons. The van der Waals surface area contributed by atoms with Crippen LogP contribution in [0.25, 0.3) is 0 Å². The second-order valence-corrected chi connectivity index (χ2v) is 6.01. The maximum absolute atomic E-state index is 12.3. The predicted octanol–water partition coefficient (Wildman–Crippen LogP) is 2.55. The van der Waals surface area contributed by atoms with E-state index in [1.165, 1.54) is 4.90 Å². The molecule has 0 bridgehead atoms. The Bertz CT molecular complexity index is 384. The van der Waals surface area contributed by atoms with Gasteiger partial charge in [-0.1, -0.05) is 19.1 Å². The number of hydrogen-bond donors (Lipinski definition) is 0. The van der Waals surface area contributed by atoms with Crippen LogP contribution in [-0.2, 0) is 14.3 Å². The van der Waals surface area contributed by atoms with Gasteiger partial charge in [0, 0.05) is 13.0 Å². The molecule has 1 aliphatic heterocycles. The molecule has 0 aromatic heterocycles. The van der Waals surface area contributed by atoms with Crippen LogP contribution in [0.5, 0.6) is 0 Å². The second kappa shape index (κ2) is 6.88. The number of ketones is 1. The third-order valence-electron chi connectivity index (χ3n) is 3.05. The van der Waals surface area contributed by atoms with E-state index in [1.54, 1.807) is 20.8 Å². The van der Waals surface area contributed by atoms with Gasteiger partial charge in [0.05, 0.1) is 13.2 Å². The lowest BCUT2D eigenvalue weighted by Gasteiger charge is -2.35. The average Bonchev–Trinajstić information content (AvgIpc) is 2.36. The van der Waals surface area contributed by atoms with Crippen LogP contribution in [0.1, 0.15) is 40.5 Å². The van der Waals surface area contributed by atoms with Crippen molar-refractivity contribution in [3.8, 4) is 0 Å². The number of amides is 1. The van der Waals surface area contributed by atoms with Crippen LogP contribution in [0.3, 0.4) is 0 Å². The van der Waals surface area contributed by atoms with E-state index < -0.39 is 17.7 Å². The molecule has 1 rings (SSSR count). The molecule has 1 unspecified atom stereocenters. The third kappa shape index (κ3) is 4.96. The monoisotopic (exact) mass is 283 g/mol. The first kappa shape index (κ1) is 16.7. The van der Waals surface area contributed by atoms with Crippen LogP contribution < -0.4 is 0 Å². The molecule has 1 amide bonds. The molecule has 0 aromatic carbocycles. The molecule has 5 heteroatoms. The largest absolute Gasteiger partial charge is 0.444 e. The highest BCUT2D eigenvalue weighted by Crippen LogP contribution is 2.17. The third-order valence-corrected chi connectivity index (χ3v) is 3.05. The molecule has 0 aromatic rings. The maximum Gasteiger partial charge on any atom is 0.411 e. The van der Waals surface area contributed by atoms with Crippen LogP contribution >= 0.6 is 0 Å². The Hall–Kier alpha value is -1.36. The van der Waals surface area contributed by atoms with Crippen molar-refractivity contribution in [2.75, 3.05) is 19.8 Å². The van der Waals surface area contributed by atoms with Gasteiger partial charge in [-0.25, -0.2) is 4.79 Å². The Morgan fingerprint density at radius 2 is 2.05 bits per heavy atom. The van der Waals surface area contributed by atoms with Crippen molar-refractivity contribution in [1.29, 1.82) is 0 Å². The van der Waals surface area contributed by atoms with Crippen LogP contribution in [0.15, 0.2) is 12.2 Å². The van der Waals surface area contributed by atoms with Gasteiger partial charge in [-0.3, -0.25) is 9.69 Å². The van der Waals surface area contributed by atoms with E-state index >= 15 is 0 Å². The van der Waals surface area contributed by atoms with Crippen LogP contribution in [0, 0.1) is 0 Å². The predicted molar refractivity (Wildman–Crippen MR) is 76.6 cm³/mol. The minimum absolute atomic E-state index is 0.0394. The Balaban J connectivity index is 2.73. The first-order valence-electron chi connectivity index (χ1n) is 7.01. The first-order valence-corrected chi connectivity index (χ1v) is 7.01. The number of Topliss-reactive ketones (excluding diaryl/α,β-unsaturated/α-hetero) is 1. The molecule has 0 saturated carbocycles. The Morgan fingerprint density at radius 3 is 2.60 bits per heavy atom. The Labute approximate surface area is 120 Å². The van der Waals surface area contributed by atoms with Gasteiger partial charge >= 0.3 is 6.09 Å². The summed E-state index contributed by atoms with van der Waals surface area (Å²) in [5.74, 6) is -0.0394. The molecular formula is C15H25NO4. The van der Waals surface area contributed by atoms with Gasteiger partial charge in [0.1, 0.15) is 11.6 Å². The van der Waals surface area contributed by atoms with Crippen LogP contribution in [0.4, 0.5) is 4.79 Å². The fourth-order valence-electron chi connectivity index (χ4n) is 1.90. The fourth-order valence-corrected chi connectivity index (χ4v) is 1.90. The number of hydrogen-bond acceptors (Lipinski definition) is 4. The highest BCUT2D eigenvalue weighted by molar-refractivity contribution is 5.89. The maximum atomic E-state index is 12.3. The van der Waals surface area contributed by atoms with E-state index in [0.717, 1.165) is 12.0 Å². The quantitative estimate of drug-likeness (QED) is 0.744. The van der Waals surface area contributed by atoms with Gasteiger partial charge in [0.2, 0.25) is 0 Å². The Morgan fingerprint density at radius 1 is 1.40 bits per heavy atom. The van der Waals surface area contributed by atoms with Gasteiger partial charge in [-0.2, -0.15) is 0 Å². The van der Waals surface area contributed by atoms with Crippen molar-refractivity contribution in [3.63, 3.8) is 0 Å². The lowest BCUT2D eigenvalue weighted by Crippen LogP contribution is -2.53. The molecule has 20 heavy (non-hydrogen) atoms. The molecule has 0 spiro atoms.